The van der Waals surface area contributed by atoms with Crippen LogP contribution < -0.4 is 4.18 Å². The van der Waals surface area contributed by atoms with E-state index >= 15 is 0 Å². The lowest BCUT2D eigenvalue weighted by atomic mass is 10.0. The molecule has 0 amide bonds. The molecular weight excluding hydrogens is 308 g/mol. The molecule has 4 heteroatoms. The van der Waals surface area contributed by atoms with Gasteiger partial charge < -0.3 is 4.18 Å². The lowest BCUT2D eigenvalue weighted by molar-refractivity contribution is 0.482. The highest BCUT2D eigenvalue weighted by Gasteiger charge is 2.24. The van der Waals surface area contributed by atoms with E-state index in [1.54, 1.807) is 18.2 Å². The van der Waals surface area contributed by atoms with Gasteiger partial charge in [-0.25, -0.2) is 0 Å². The molecule has 122 valence electrons. The van der Waals surface area contributed by atoms with Gasteiger partial charge in [-0.15, -0.1) is 6.58 Å². The van der Waals surface area contributed by atoms with Gasteiger partial charge in [-0.1, -0.05) is 30.3 Å². The summed E-state index contributed by atoms with van der Waals surface area (Å²) in [7, 11) is -3.89. The average molecular weight is 330 g/mol. The second-order valence-electron chi connectivity index (χ2n) is 5.73. The third-order valence-electron chi connectivity index (χ3n) is 4.08. The second-order valence-corrected chi connectivity index (χ2v) is 7.21. The number of para-hydroxylation sites is 1. The molecule has 0 heterocycles. The first kappa shape index (κ1) is 17.3. The average Bonchev–Trinajstić information content (AvgIpc) is 2.47. The van der Waals surface area contributed by atoms with Gasteiger partial charge in [0.2, 0.25) is 0 Å². The van der Waals surface area contributed by atoms with Crippen molar-refractivity contribution in [1.29, 1.82) is 0 Å². The van der Waals surface area contributed by atoms with Crippen LogP contribution in [0.4, 0.5) is 0 Å². The molecule has 3 nitrogen and oxygen atoms in total. The number of rotatable bonds is 5. The summed E-state index contributed by atoms with van der Waals surface area (Å²) in [5, 5.41) is 0. The molecule has 0 aromatic heterocycles. The standard InChI is InChI=1S/C19H22O3S/c1-6-9-17-10-7-8-11-18(17)22-23(20,21)19-15(4)13(2)12-14(3)16(19)5/h6-8,10-12H,1,9H2,2-5H3. The summed E-state index contributed by atoms with van der Waals surface area (Å²) < 4.78 is 31.2. The van der Waals surface area contributed by atoms with Gasteiger partial charge in [0.25, 0.3) is 0 Å². The van der Waals surface area contributed by atoms with Crippen LogP contribution in [0.15, 0.2) is 47.9 Å². The predicted molar refractivity (Wildman–Crippen MR) is 93.5 cm³/mol. The van der Waals surface area contributed by atoms with Crippen molar-refractivity contribution in [1.82, 2.24) is 0 Å². The van der Waals surface area contributed by atoms with Crippen molar-refractivity contribution in [2.45, 2.75) is 39.0 Å². The Morgan fingerprint density at radius 2 is 1.61 bits per heavy atom. The third kappa shape index (κ3) is 3.48. The van der Waals surface area contributed by atoms with E-state index in [4.69, 9.17) is 4.18 Å². The lowest BCUT2D eigenvalue weighted by Crippen LogP contribution is -2.15. The molecule has 0 aliphatic heterocycles. The molecule has 0 atom stereocenters. The summed E-state index contributed by atoms with van der Waals surface area (Å²) in [4.78, 5) is 0.267. The molecule has 0 saturated heterocycles. The van der Waals surface area contributed by atoms with Crippen LogP contribution in [0.3, 0.4) is 0 Å². The normalized spacial score (nSPS) is 11.3. The Labute approximate surface area is 138 Å². The minimum Gasteiger partial charge on any atom is -0.379 e. The fraction of sp³-hybridized carbons (Fsp3) is 0.263. The van der Waals surface area contributed by atoms with Crippen molar-refractivity contribution in [3.05, 3.63) is 70.8 Å². The molecule has 2 aromatic carbocycles. The molecule has 0 aliphatic carbocycles. The third-order valence-corrected chi connectivity index (χ3v) is 5.59. The molecular formula is C19H22O3S. The molecule has 0 aliphatic rings. The first-order valence-corrected chi connectivity index (χ1v) is 8.89. The first-order chi connectivity index (χ1) is 10.8. The van der Waals surface area contributed by atoms with Crippen molar-refractivity contribution in [3.8, 4) is 5.75 Å². The van der Waals surface area contributed by atoms with E-state index in [1.165, 1.54) is 0 Å². The van der Waals surface area contributed by atoms with Gasteiger partial charge in [-0.2, -0.15) is 8.42 Å². The van der Waals surface area contributed by atoms with Gasteiger partial charge in [0, 0.05) is 0 Å². The highest BCUT2D eigenvalue weighted by molar-refractivity contribution is 7.87. The first-order valence-electron chi connectivity index (χ1n) is 7.48. The number of hydrogen-bond acceptors (Lipinski definition) is 3. The summed E-state index contributed by atoms with van der Waals surface area (Å²) >= 11 is 0. The molecule has 0 N–H and O–H groups in total. The highest BCUT2D eigenvalue weighted by Crippen LogP contribution is 2.30. The number of aryl methyl sites for hydroxylation is 2. The minimum atomic E-state index is -3.89. The highest BCUT2D eigenvalue weighted by atomic mass is 32.2. The van der Waals surface area contributed by atoms with Gasteiger partial charge >= 0.3 is 10.1 Å². The zero-order valence-corrected chi connectivity index (χ0v) is 14.8. The molecule has 0 radical (unpaired) electrons. The number of hydrogen-bond donors (Lipinski definition) is 0. The Morgan fingerprint density at radius 1 is 1.04 bits per heavy atom. The van der Waals surface area contributed by atoms with Crippen molar-refractivity contribution in [2.75, 3.05) is 0 Å². The molecule has 23 heavy (non-hydrogen) atoms. The van der Waals surface area contributed by atoms with Crippen molar-refractivity contribution in [3.63, 3.8) is 0 Å². The zero-order chi connectivity index (χ0) is 17.2. The van der Waals surface area contributed by atoms with Gasteiger partial charge in [-0.3, -0.25) is 0 Å². The maximum absolute atomic E-state index is 12.9. The van der Waals surface area contributed by atoms with E-state index in [0.717, 1.165) is 27.8 Å². The molecule has 2 rings (SSSR count). The van der Waals surface area contributed by atoms with Gasteiger partial charge in [0.15, 0.2) is 0 Å². The predicted octanol–water partition coefficient (Wildman–Crippen LogP) is 4.42. The number of benzene rings is 2. The minimum absolute atomic E-state index is 0.267. The second kappa shape index (κ2) is 6.59. The topological polar surface area (TPSA) is 43.4 Å². The molecule has 2 aromatic rings. The van der Waals surface area contributed by atoms with E-state index in [-0.39, 0.29) is 4.90 Å². The van der Waals surface area contributed by atoms with Crippen molar-refractivity contribution >= 4 is 10.1 Å². The van der Waals surface area contributed by atoms with Crippen LogP contribution in [0.25, 0.3) is 0 Å². The lowest BCUT2D eigenvalue weighted by Gasteiger charge is -2.17. The molecule has 0 fully saturated rings. The Kier molecular flexibility index (Phi) is 4.95. The van der Waals surface area contributed by atoms with Crippen molar-refractivity contribution < 1.29 is 12.6 Å². The van der Waals surface area contributed by atoms with Crippen LogP contribution in [0.1, 0.15) is 27.8 Å². The van der Waals surface area contributed by atoms with Gasteiger partial charge in [0.1, 0.15) is 10.6 Å². The SMILES string of the molecule is C=CCc1ccccc1OS(=O)(=O)c1c(C)c(C)cc(C)c1C. The van der Waals surface area contributed by atoms with Crippen LogP contribution in [0, 0.1) is 27.7 Å². The maximum Gasteiger partial charge on any atom is 0.339 e. The summed E-state index contributed by atoms with van der Waals surface area (Å²) in [5.41, 5.74) is 4.14. The van der Waals surface area contributed by atoms with Crippen LogP contribution in [0.2, 0.25) is 0 Å². The van der Waals surface area contributed by atoms with Gasteiger partial charge in [0.05, 0.1) is 0 Å². The van der Waals surface area contributed by atoms with E-state index < -0.39 is 10.1 Å². The summed E-state index contributed by atoms with van der Waals surface area (Å²) in [6.07, 6.45) is 2.28. The quantitative estimate of drug-likeness (QED) is 0.602. The van der Waals surface area contributed by atoms with E-state index in [2.05, 4.69) is 6.58 Å². The Hall–Kier alpha value is -2.07. The summed E-state index contributed by atoms with van der Waals surface area (Å²) in [5.74, 6) is 0.352. The smallest absolute Gasteiger partial charge is 0.339 e. The van der Waals surface area contributed by atoms with Crippen LogP contribution in [-0.4, -0.2) is 8.42 Å². The van der Waals surface area contributed by atoms with Crippen LogP contribution in [-0.2, 0) is 16.5 Å². The van der Waals surface area contributed by atoms with E-state index in [1.807, 2.05) is 45.9 Å². The molecule has 0 spiro atoms. The Morgan fingerprint density at radius 3 is 2.17 bits per heavy atom. The Bertz CT molecular complexity index is 823. The molecule has 0 saturated carbocycles. The van der Waals surface area contributed by atoms with E-state index in [9.17, 15) is 8.42 Å². The van der Waals surface area contributed by atoms with Crippen molar-refractivity contribution in [2.24, 2.45) is 0 Å². The number of allylic oxidation sites excluding steroid dienone is 1. The van der Waals surface area contributed by atoms with Crippen LogP contribution in [0.5, 0.6) is 5.75 Å². The largest absolute Gasteiger partial charge is 0.379 e. The summed E-state index contributed by atoms with van der Waals surface area (Å²) in [6, 6.07) is 9.12. The van der Waals surface area contributed by atoms with Gasteiger partial charge in [-0.05, 0) is 68.0 Å². The summed E-state index contributed by atoms with van der Waals surface area (Å²) in [6.45, 7) is 11.1. The van der Waals surface area contributed by atoms with E-state index in [0.29, 0.717) is 12.2 Å². The zero-order valence-electron chi connectivity index (χ0n) is 14.0. The molecule has 0 unspecified atom stereocenters. The molecule has 0 bridgehead atoms. The Balaban J connectivity index is 2.55. The fourth-order valence-electron chi connectivity index (χ4n) is 2.62. The monoisotopic (exact) mass is 330 g/mol. The fourth-order valence-corrected chi connectivity index (χ4v) is 4.18. The van der Waals surface area contributed by atoms with Crippen LogP contribution >= 0.6 is 0 Å². The maximum atomic E-state index is 12.9.